The van der Waals surface area contributed by atoms with Crippen molar-refractivity contribution in [1.29, 1.82) is 0 Å². The first-order valence-corrected chi connectivity index (χ1v) is 8.00. The topological polar surface area (TPSA) is 63.4 Å². The largest absolute Gasteiger partial charge is 0.329 e. The second-order valence-corrected chi connectivity index (χ2v) is 8.61. The van der Waals surface area contributed by atoms with E-state index in [1.807, 2.05) is 7.05 Å². The van der Waals surface area contributed by atoms with Crippen molar-refractivity contribution < 1.29 is 8.42 Å². The first kappa shape index (κ1) is 14.9. The van der Waals surface area contributed by atoms with Crippen molar-refractivity contribution >= 4 is 9.84 Å². The molecule has 2 N–H and O–H groups in total. The molecule has 0 aromatic rings. The predicted octanol–water partition coefficient (Wildman–Crippen LogP) is 0.869. The minimum Gasteiger partial charge on any atom is -0.329 e. The van der Waals surface area contributed by atoms with Crippen LogP contribution in [0.2, 0.25) is 0 Å². The highest BCUT2D eigenvalue weighted by Gasteiger charge is 2.46. The third kappa shape index (κ3) is 3.01. The van der Waals surface area contributed by atoms with Crippen LogP contribution in [0.15, 0.2) is 0 Å². The number of hydrogen-bond donors (Lipinski definition) is 1. The summed E-state index contributed by atoms with van der Waals surface area (Å²) in [5.41, 5.74) is 5.61. The fraction of sp³-hybridized carbons (Fsp3) is 1.00. The van der Waals surface area contributed by atoms with Crippen LogP contribution in [0, 0.1) is 5.41 Å². The minimum absolute atomic E-state index is 0.114. The van der Waals surface area contributed by atoms with E-state index in [1.165, 1.54) is 0 Å². The number of nitrogens with zero attached hydrogens (tertiary/aromatic N) is 1. The van der Waals surface area contributed by atoms with E-state index in [2.05, 4.69) is 32.6 Å². The van der Waals surface area contributed by atoms with Gasteiger partial charge < -0.3 is 5.73 Å². The maximum absolute atomic E-state index is 11.7. The van der Waals surface area contributed by atoms with Gasteiger partial charge in [-0.2, -0.15) is 0 Å². The monoisotopic (exact) mass is 262 g/mol. The number of likely N-dealkylation sites (N-methyl/N-ethyl adjacent to an activating group) is 1. The van der Waals surface area contributed by atoms with Gasteiger partial charge in [0.05, 0.1) is 11.5 Å². The molecule has 2 unspecified atom stereocenters. The third-order valence-electron chi connectivity index (χ3n) is 4.33. The Morgan fingerprint density at radius 1 is 1.41 bits per heavy atom. The van der Waals surface area contributed by atoms with E-state index in [1.54, 1.807) is 0 Å². The number of hydrogen-bond acceptors (Lipinski definition) is 4. The van der Waals surface area contributed by atoms with Crippen LogP contribution in [0.5, 0.6) is 0 Å². The molecule has 5 heteroatoms. The normalized spacial score (nSPS) is 30.8. The van der Waals surface area contributed by atoms with Gasteiger partial charge in [-0.05, 0) is 25.8 Å². The van der Waals surface area contributed by atoms with E-state index >= 15 is 0 Å². The molecule has 0 radical (unpaired) electrons. The lowest BCUT2D eigenvalue weighted by Crippen LogP contribution is -2.58. The molecular formula is C12H26N2O2S. The zero-order chi connectivity index (χ0) is 13.5. The molecule has 1 aliphatic rings. The molecule has 1 heterocycles. The molecule has 0 spiro atoms. The van der Waals surface area contributed by atoms with Gasteiger partial charge in [-0.15, -0.1) is 0 Å². The molecule has 0 amide bonds. The van der Waals surface area contributed by atoms with Gasteiger partial charge in [0.1, 0.15) is 0 Å². The smallest absolute Gasteiger partial charge is 0.152 e. The Morgan fingerprint density at radius 2 is 1.94 bits per heavy atom. The Labute approximate surface area is 105 Å². The van der Waals surface area contributed by atoms with E-state index in [4.69, 9.17) is 5.73 Å². The molecule has 1 rings (SSSR count). The molecule has 0 aromatic heterocycles. The number of nitrogens with two attached hydrogens (primary N) is 1. The molecule has 0 aromatic carbocycles. The second kappa shape index (κ2) is 4.52. The van der Waals surface area contributed by atoms with Gasteiger partial charge in [-0.1, -0.05) is 20.8 Å². The number of sulfone groups is 1. The summed E-state index contributed by atoms with van der Waals surface area (Å²) in [5, 5.41) is 0. The van der Waals surface area contributed by atoms with Crippen LogP contribution in [0.4, 0.5) is 0 Å². The molecule has 102 valence electrons. The Kier molecular flexibility index (Phi) is 3.97. The van der Waals surface area contributed by atoms with Crippen LogP contribution < -0.4 is 5.73 Å². The summed E-state index contributed by atoms with van der Waals surface area (Å²) in [6.07, 6.45) is 0.656. The van der Waals surface area contributed by atoms with E-state index < -0.39 is 9.84 Å². The van der Waals surface area contributed by atoms with E-state index in [9.17, 15) is 8.42 Å². The van der Waals surface area contributed by atoms with E-state index in [0.29, 0.717) is 19.0 Å². The summed E-state index contributed by atoms with van der Waals surface area (Å²) in [4.78, 5) is 2.18. The van der Waals surface area contributed by atoms with Gasteiger partial charge >= 0.3 is 0 Å². The maximum Gasteiger partial charge on any atom is 0.152 e. The van der Waals surface area contributed by atoms with Crippen LogP contribution in [0.25, 0.3) is 0 Å². The Bertz CT molecular complexity index is 372. The fourth-order valence-electron chi connectivity index (χ4n) is 2.47. The highest BCUT2D eigenvalue weighted by molar-refractivity contribution is 7.91. The summed E-state index contributed by atoms with van der Waals surface area (Å²) < 4.78 is 23.4. The first-order valence-electron chi connectivity index (χ1n) is 6.17. The van der Waals surface area contributed by atoms with E-state index in [0.717, 1.165) is 0 Å². The molecular weight excluding hydrogens is 236 g/mol. The Hall–Kier alpha value is -0.130. The average molecular weight is 262 g/mol. The third-order valence-corrected chi connectivity index (χ3v) is 6.13. The van der Waals surface area contributed by atoms with Crippen LogP contribution in [0.1, 0.15) is 34.1 Å². The highest BCUT2D eigenvalue weighted by atomic mass is 32.2. The first-order chi connectivity index (χ1) is 7.54. The zero-order valence-corrected chi connectivity index (χ0v) is 12.5. The molecule has 0 saturated carbocycles. The molecule has 4 nitrogen and oxygen atoms in total. The van der Waals surface area contributed by atoms with Crippen LogP contribution in [-0.4, -0.2) is 50.0 Å². The van der Waals surface area contributed by atoms with Crippen molar-refractivity contribution in [3.05, 3.63) is 0 Å². The lowest BCUT2D eigenvalue weighted by atomic mass is 9.83. The standard InChI is InChI=1S/C12H26N2O2S/c1-10(11(2,3)4)14(5)12(8-13)6-7-17(15,16)9-12/h10H,6-9,13H2,1-5H3. The van der Waals surface area contributed by atoms with Crippen molar-refractivity contribution in [2.45, 2.75) is 45.7 Å². The lowest BCUT2D eigenvalue weighted by molar-refractivity contribution is 0.0467. The zero-order valence-electron chi connectivity index (χ0n) is 11.7. The molecule has 0 bridgehead atoms. The summed E-state index contributed by atoms with van der Waals surface area (Å²) in [7, 11) is -0.908. The maximum atomic E-state index is 11.7. The average Bonchev–Trinajstić information content (AvgIpc) is 2.52. The minimum atomic E-state index is -2.91. The summed E-state index contributed by atoms with van der Waals surface area (Å²) in [6, 6.07) is 0.291. The molecule has 1 saturated heterocycles. The number of rotatable bonds is 3. The van der Waals surface area contributed by atoms with Crippen LogP contribution in [-0.2, 0) is 9.84 Å². The quantitative estimate of drug-likeness (QED) is 0.820. The molecule has 0 aliphatic carbocycles. The van der Waals surface area contributed by atoms with Gasteiger partial charge in [0.2, 0.25) is 0 Å². The Morgan fingerprint density at radius 3 is 2.24 bits per heavy atom. The van der Waals surface area contributed by atoms with Gasteiger partial charge in [0, 0.05) is 18.1 Å². The SMILES string of the molecule is CC(N(C)C1(CN)CCS(=O)(=O)C1)C(C)(C)C. The molecule has 17 heavy (non-hydrogen) atoms. The van der Waals surface area contributed by atoms with Gasteiger partial charge in [-0.25, -0.2) is 8.42 Å². The van der Waals surface area contributed by atoms with Gasteiger partial charge in [0.25, 0.3) is 0 Å². The Balaban J connectivity index is 2.97. The second-order valence-electron chi connectivity index (χ2n) is 6.42. The summed E-state index contributed by atoms with van der Waals surface area (Å²) in [5.74, 6) is 0.471. The van der Waals surface area contributed by atoms with Crippen molar-refractivity contribution in [1.82, 2.24) is 4.90 Å². The van der Waals surface area contributed by atoms with Gasteiger partial charge in [0.15, 0.2) is 9.84 Å². The molecule has 1 fully saturated rings. The van der Waals surface area contributed by atoms with Crippen molar-refractivity contribution in [3.63, 3.8) is 0 Å². The van der Waals surface area contributed by atoms with E-state index in [-0.39, 0.29) is 22.5 Å². The predicted molar refractivity (Wildman–Crippen MR) is 71.7 cm³/mol. The molecule has 1 aliphatic heterocycles. The molecule has 2 atom stereocenters. The van der Waals surface area contributed by atoms with Crippen molar-refractivity contribution in [2.24, 2.45) is 11.1 Å². The van der Waals surface area contributed by atoms with Gasteiger partial charge in [-0.3, -0.25) is 4.90 Å². The lowest BCUT2D eigenvalue weighted by Gasteiger charge is -2.45. The van der Waals surface area contributed by atoms with Crippen LogP contribution >= 0.6 is 0 Å². The van der Waals surface area contributed by atoms with Crippen molar-refractivity contribution in [3.8, 4) is 0 Å². The fourth-order valence-corrected chi connectivity index (χ4v) is 4.59. The summed E-state index contributed by atoms with van der Waals surface area (Å²) in [6.45, 7) is 9.05. The summed E-state index contributed by atoms with van der Waals surface area (Å²) >= 11 is 0. The highest BCUT2D eigenvalue weighted by Crippen LogP contribution is 2.34. The van der Waals surface area contributed by atoms with Crippen LogP contribution in [0.3, 0.4) is 0 Å². The van der Waals surface area contributed by atoms with Crippen molar-refractivity contribution in [2.75, 3.05) is 25.1 Å².